The maximum absolute atomic E-state index is 12.6. The topological polar surface area (TPSA) is 62.3 Å². The molecule has 0 unspecified atom stereocenters. The fraction of sp³-hybridized carbons (Fsp3) is 0.737. The molecule has 1 aromatic rings. The number of rotatable bonds is 7. The van der Waals surface area contributed by atoms with Gasteiger partial charge in [-0.05, 0) is 25.7 Å². The third-order valence-electron chi connectivity index (χ3n) is 5.52. The summed E-state index contributed by atoms with van der Waals surface area (Å²) in [7, 11) is 0. The summed E-state index contributed by atoms with van der Waals surface area (Å²) in [5.41, 5.74) is 2.37. The van der Waals surface area contributed by atoms with Crippen molar-refractivity contribution in [1.82, 2.24) is 15.2 Å². The molecule has 138 valence electrons. The highest BCUT2D eigenvalue weighted by Crippen LogP contribution is 2.34. The third kappa shape index (κ3) is 5.03. The SMILES string of the molecule is CC1(C(=O)NCCN(C(=O)Cc2cscn2)C2CC2)CCCCCC1. The van der Waals surface area contributed by atoms with E-state index >= 15 is 0 Å². The van der Waals surface area contributed by atoms with E-state index in [4.69, 9.17) is 0 Å². The van der Waals surface area contributed by atoms with Crippen molar-refractivity contribution >= 4 is 23.2 Å². The van der Waals surface area contributed by atoms with Gasteiger partial charge >= 0.3 is 0 Å². The Balaban J connectivity index is 1.48. The first-order chi connectivity index (χ1) is 12.1. The molecule has 2 aliphatic rings. The van der Waals surface area contributed by atoms with Crippen molar-refractivity contribution in [3.8, 4) is 0 Å². The molecule has 3 rings (SSSR count). The Morgan fingerprint density at radius 3 is 2.60 bits per heavy atom. The lowest BCUT2D eigenvalue weighted by atomic mass is 9.81. The smallest absolute Gasteiger partial charge is 0.228 e. The van der Waals surface area contributed by atoms with Gasteiger partial charge in [0.1, 0.15) is 0 Å². The molecule has 1 N–H and O–H groups in total. The van der Waals surface area contributed by atoms with Crippen molar-refractivity contribution in [3.63, 3.8) is 0 Å². The van der Waals surface area contributed by atoms with Crippen molar-refractivity contribution in [2.75, 3.05) is 13.1 Å². The van der Waals surface area contributed by atoms with E-state index in [1.807, 2.05) is 10.3 Å². The number of carbonyl (C=O) groups is 2. The quantitative estimate of drug-likeness (QED) is 0.757. The number of nitrogens with one attached hydrogen (secondary N) is 1. The second-order valence-electron chi connectivity index (χ2n) is 7.71. The normalized spacial score (nSPS) is 19.9. The van der Waals surface area contributed by atoms with Gasteiger partial charge in [-0.25, -0.2) is 4.98 Å². The maximum Gasteiger partial charge on any atom is 0.228 e. The predicted molar refractivity (Wildman–Crippen MR) is 99.4 cm³/mol. The average molecular weight is 364 g/mol. The minimum atomic E-state index is -0.231. The number of hydrogen-bond acceptors (Lipinski definition) is 4. The zero-order valence-corrected chi connectivity index (χ0v) is 15.9. The van der Waals surface area contributed by atoms with Crippen LogP contribution >= 0.6 is 11.3 Å². The first-order valence-corrected chi connectivity index (χ1v) is 10.5. The van der Waals surface area contributed by atoms with Crippen LogP contribution in [0.4, 0.5) is 0 Å². The predicted octanol–water partition coefficient (Wildman–Crippen LogP) is 3.15. The number of nitrogens with zero attached hydrogens (tertiary/aromatic N) is 2. The van der Waals surface area contributed by atoms with Crippen LogP contribution in [0.15, 0.2) is 10.9 Å². The number of aromatic nitrogens is 1. The molecule has 0 aromatic carbocycles. The van der Waals surface area contributed by atoms with Gasteiger partial charge in [-0.3, -0.25) is 9.59 Å². The van der Waals surface area contributed by atoms with E-state index in [0.717, 1.165) is 44.2 Å². The summed E-state index contributed by atoms with van der Waals surface area (Å²) >= 11 is 1.52. The van der Waals surface area contributed by atoms with Crippen molar-refractivity contribution in [2.45, 2.75) is 70.8 Å². The van der Waals surface area contributed by atoms with Gasteiger partial charge in [0.2, 0.25) is 11.8 Å². The largest absolute Gasteiger partial charge is 0.354 e. The Bertz CT molecular complexity index is 575. The number of hydrogen-bond donors (Lipinski definition) is 1. The van der Waals surface area contributed by atoms with Gasteiger partial charge < -0.3 is 10.2 Å². The second-order valence-corrected chi connectivity index (χ2v) is 8.42. The van der Waals surface area contributed by atoms with E-state index in [0.29, 0.717) is 25.6 Å². The molecular weight excluding hydrogens is 334 g/mol. The van der Waals surface area contributed by atoms with E-state index < -0.39 is 0 Å². The van der Waals surface area contributed by atoms with Crippen molar-refractivity contribution in [2.24, 2.45) is 5.41 Å². The monoisotopic (exact) mass is 363 g/mol. The summed E-state index contributed by atoms with van der Waals surface area (Å²) in [4.78, 5) is 31.3. The molecule has 0 spiro atoms. The minimum Gasteiger partial charge on any atom is -0.354 e. The molecule has 1 heterocycles. The van der Waals surface area contributed by atoms with Gasteiger partial charge in [0.05, 0.1) is 17.6 Å². The number of thiazole rings is 1. The zero-order valence-electron chi connectivity index (χ0n) is 15.1. The summed E-state index contributed by atoms with van der Waals surface area (Å²) in [5.74, 6) is 0.292. The average Bonchev–Trinajstić information content (AvgIpc) is 3.35. The summed E-state index contributed by atoms with van der Waals surface area (Å²) in [6.07, 6.45) is 9.25. The molecule has 2 saturated carbocycles. The molecule has 0 aliphatic heterocycles. The molecule has 0 atom stereocenters. The molecule has 25 heavy (non-hydrogen) atoms. The first-order valence-electron chi connectivity index (χ1n) is 9.53. The van der Waals surface area contributed by atoms with E-state index in [2.05, 4.69) is 17.2 Å². The van der Waals surface area contributed by atoms with Gasteiger partial charge in [0, 0.05) is 29.9 Å². The van der Waals surface area contributed by atoms with Crippen LogP contribution in [0.1, 0.15) is 64.0 Å². The molecule has 0 bridgehead atoms. The lowest BCUT2D eigenvalue weighted by Crippen LogP contribution is -2.44. The molecule has 0 radical (unpaired) electrons. The standard InChI is InChI=1S/C19H29N3O2S/c1-19(8-4-2-3-5-9-19)18(24)20-10-11-22(16-6-7-16)17(23)12-15-13-25-14-21-15/h13-14,16H,2-12H2,1H3,(H,20,24). The summed E-state index contributed by atoms with van der Waals surface area (Å²) in [6.45, 7) is 3.25. The summed E-state index contributed by atoms with van der Waals surface area (Å²) < 4.78 is 0. The Kier molecular flexibility index (Phi) is 6.10. The fourth-order valence-electron chi connectivity index (χ4n) is 3.72. The zero-order chi connectivity index (χ0) is 17.7. The molecule has 2 aliphatic carbocycles. The van der Waals surface area contributed by atoms with Crippen LogP contribution < -0.4 is 5.32 Å². The van der Waals surface area contributed by atoms with Crippen molar-refractivity contribution < 1.29 is 9.59 Å². The fourth-order valence-corrected chi connectivity index (χ4v) is 4.28. The van der Waals surface area contributed by atoms with Crippen molar-refractivity contribution in [3.05, 3.63) is 16.6 Å². The molecule has 2 fully saturated rings. The Morgan fingerprint density at radius 2 is 2.00 bits per heavy atom. The highest BCUT2D eigenvalue weighted by molar-refractivity contribution is 7.07. The third-order valence-corrected chi connectivity index (χ3v) is 6.15. The molecule has 6 heteroatoms. The lowest BCUT2D eigenvalue weighted by Gasteiger charge is -2.28. The van der Waals surface area contributed by atoms with Gasteiger partial charge in [-0.2, -0.15) is 0 Å². The summed E-state index contributed by atoms with van der Waals surface area (Å²) in [5, 5.41) is 5.03. The Hall–Kier alpha value is -1.43. The molecule has 5 nitrogen and oxygen atoms in total. The number of amides is 2. The van der Waals surface area contributed by atoms with Crippen LogP contribution in [-0.4, -0.2) is 40.8 Å². The van der Waals surface area contributed by atoms with Gasteiger partial charge in [-0.1, -0.05) is 32.6 Å². The van der Waals surface area contributed by atoms with Crippen LogP contribution in [0.3, 0.4) is 0 Å². The highest BCUT2D eigenvalue weighted by Gasteiger charge is 2.35. The lowest BCUT2D eigenvalue weighted by molar-refractivity contribution is -0.133. The summed E-state index contributed by atoms with van der Waals surface area (Å²) in [6, 6.07) is 0.358. The van der Waals surface area contributed by atoms with Crippen LogP contribution in [0.5, 0.6) is 0 Å². The van der Waals surface area contributed by atoms with Gasteiger partial charge in [0.15, 0.2) is 0 Å². The van der Waals surface area contributed by atoms with Gasteiger partial charge in [0.25, 0.3) is 0 Å². The molecular formula is C19H29N3O2S. The molecule has 0 saturated heterocycles. The van der Waals surface area contributed by atoms with Crippen LogP contribution in [0, 0.1) is 5.41 Å². The highest BCUT2D eigenvalue weighted by atomic mass is 32.1. The van der Waals surface area contributed by atoms with Crippen molar-refractivity contribution in [1.29, 1.82) is 0 Å². The van der Waals surface area contributed by atoms with Crippen LogP contribution in [0.25, 0.3) is 0 Å². The second kappa shape index (κ2) is 8.30. The van der Waals surface area contributed by atoms with E-state index in [9.17, 15) is 9.59 Å². The maximum atomic E-state index is 12.6. The van der Waals surface area contributed by atoms with Crippen LogP contribution in [0.2, 0.25) is 0 Å². The van der Waals surface area contributed by atoms with E-state index in [-0.39, 0.29) is 17.2 Å². The Labute approximate surface area is 154 Å². The Morgan fingerprint density at radius 1 is 1.28 bits per heavy atom. The van der Waals surface area contributed by atoms with E-state index in [1.54, 1.807) is 5.51 Å². The first kappa shape index (κ1) is 18.4. The van der Waals surface area contributed by atoms with Crippen LogP contribution in [-0.2, 0) is 16.0 Å². The minimum absolute atomic E-state index is 0.128. The van der Waals surface area contributed by atoms with Gasteiger partial charge in [-0.15, -0.1) is 11.3 Å². The van der Waals surface area contributed by atoms with E-state index in [1.165, 1.54) is 24.2 Å². The molecule has 1 aromatic heterocycles. The molecule has 2 amide bonds. The number of carbonyl (C=O) groups excluding carboxylic acids is 2.